The number of anilines is 1. The molecule has 0 amide bonds. The van der Waals surface area contributed by atoms with Crippen molar-refractivity contribution in [1.82, 2.24) is 4.98 Å². The first-order valence-electron chi connectivity index (χ1n) is 5.41. The SMILES string of the molecule is CC1(C)CN(c2c(F)c(F)nc(F)c2F)CCO1. The third-order valence-electron chi connectivity index (χ3n) is 2.72. The van der Waals surface area contributed by atoms with Crippen LogP contribution in [0.15, 0.2) is 0 Å². The van der Waals surface area contributed by atoms with Gasteiger partial charge in [0.25, 0.3) is 11.9 Å². The fraction of sp³-hybridized carbons (Fsp3) is 0.545. The molecule has 0 unspecified atom stereocenters. The van der Waals surface area contributed by atoms with Crippen molar-refractivity contribution >= 4 is 5.69 Å². The minimum atomic E-state index is -1.65. The Kier molecular flexibility index (Phi) is 3.18. The number of morpholine rings is 1. The van der Waals surface area contributed by atoms with Gasteiger partial charge < -0.3 is 9.64 Å². The van der Waals surface area contributed by atoms with Gasteiger partial charge in [0, 0.05) is 13.1 Å². The van der Waals surface area contributed by atoms with Crippen LogP contribution in [0.4, 0.5) is 23.2 Å². The smallest absolute Gasteiger partial charge is 0.253 e. The molecule has 1 aromatic rings. The summed E-state index contributed by atoms with van der Waals surface area (Å²) in [6.45, 7) is 3.95. The van der Waals surface area contributed by atoms with E-state index in [2.05, 4.69) is 4.98 Å². The average Bonchev–Trinajstić information content (AvgIpc) is 2.25. The van der Waals surface area contributed by atoms with E-state index in [9.17, 15) is 17.6 Å². The monoisotopic (exact) mass is 264 g/mol. The minimum Gasteiger partial charge on any atom is -0.372 e. The maximum absolute atomic E-state index is 13.6. The zero-order chi connectivity index (χ0) is 13.5. The van der Waals surface area contributed by atoms with E-state index in [-0.39, 0.29) is 19.7 Å². The summed E-state index contributed by atoms with van der Waals surface area (Å²) in [5.74, 6) is -6.25. The van der Waals surface area contributed by atoms with Gasteiger partial charge in [-0.1, -0.05) is 0 Å². The Balaban J connectivity index is 2.44. The van der Waals surface area contributed by atoms with Crippen molar-refractivity contribution < 1.29 is 22.3 Å². The van der Waals surface area contributed by atoms with Crippen molar-refractivity contribution in [3.8, 4) is 0 Å². The molecule has 1 aliphatic heterocycles. The maximum atomic E-state index is 13.6. The van der Waals surface area contributed by atoms with E-state index >= 15 is 0 Å². The molecular formula is C11H12F4N2O. The van der Waals surface area contributed by atoms with Crippen molar-refractivity contribution in [2.75, 3.05) is 24.6 Å². The zero-order valence-electron chi connectivity index (χ0n) is 9.94. The summed E-state index contributed by atoms with van der Waals surface area (Å²) in [7, 11) is 0. The van der Waals surface area contributed by atoms with Gasteiger partial charge in [-0.15, -0.1) is 0 Å². The molecule has 1 saturated heterocycles. The second-order valence-electron chi connectivity index (χ2n) is 4.70. The minimum absolute atomic E-state index is 0.129. The van der Waals surface area contributed by atoms with Crippen molar-refractivity contribution in [3.05, 3.63) is 23.5 Å². The van der Waals surface area contributed by atoms with Gasteiger partial charge in [0.1, 0.15) is 5.69 Å². The molecule has 0 aliphatic carbocycles. The van der Waals surface area contributed by atoms with Crippen molar-refractivity contribution in [3.63, 3.8) is 0 Å². The van der Waals surface area contributed by atoms with Gasteiger partial charge in [-0.3, -0.25) is 0 Å². The second-order valence-corrected chi connectivity index (χ2v) is 4.70. The predicted octanol–water partition coefficient (Wildman–Crippen LogP) is 2.25. The number of rotatable bonds is 1. The lowest BCUT2D eigenvalue weighted by Gasteiger charge is -2.39. The number of hydrogen-bond acceptors (Lipinski definition) is 3. The number of pyridine rings is 1. The average molecular weight is 264 g/mol. The maximum Gasteiger partial charge on any atom is 0.253 e. The standard InChI is InChI=1S/C11H12F4N2O/c1-11(2)5-17(3-4-18-11)8-6(12)9(14)16-10(15)7(8)13/h3-5H2,1-2H3. The van der Waals surface area contributed by atoms with E-state index in [1.165, 1.54) is 4.90 Å². The lowest BCUT2D eigenvalue weighted by Crippen LogP contribution is -2.49. The summed E-state index contributed by atoms with van der Waals surface area (Å²) < 4.78 is 58.5. The van der Waals surface area contributed by atoms with Crippen molar-refractivity contribution in [1.29, 1.82) is 0 Å². The Labute approximate surface area is 101 Å². The molecule has 2 heterocycles. The third-order valence-corrected chi connectivity index (χ3v) is 2.72. The number of halogens is 4. The van der Waals surface area contributed by atoms with Crippen LogP contribution in [0.1, 0.15) is 13.8 Å². The highest BCUT2D eigenvalue weighted by Gasteiger charge is 2.32. The van der Waals surface area contributed by atoms with Gasteiger partial charge in [0.05, 0.1) is 12.2 Å². The summed E-state index contributed by atoms with van der Waals surface area (Å²) in [5.41, 5.74) is -1.37. The number of hydrogen-bond donors (Lipinski definition) is 0. The second kappa shape index (κ2) is 4.38. The third kappa shape index (κ3) is 2.27. The van der Waals surface area contributed by atoms with Gasteiger partial charge in [-0.05, 0) is 13.8 Å². The molecular weight excluding hydrogens is 252 g/mol. The van der Waals surface area contributed by atoms with Gasteiger partial charge >= 0.3 is 0 Å². The topological polar surface area (TPSA) is 25.4 Å². The number of nitrogens with zero attached hydrogens (tertiary/aromatic N) is 2. The molecule has 0 aromatic carbocycles. The van der Waals surface area contributed by atoms with Crippen molar-refractivity contribution in [2.24, 2.45) is 0 Å². The predicted molar refractivity (Wildman–Crippen MR) is 56.3 cm³/mol. The molecule has 1 fully saturated rings. The van der Waals surface area contributed by atoms with E-state index in [0.29, 0.717) is 0 Å². The van der Waals surface area contributed by atoms with Crippen LogP contribution in [-0.4, -0.2) is 30.3 Å². The van der Waals surface area contributed by atoms with Crippen LogP contribution in [0, 0.1) is 23.5 Å². The Hall–Kier alpha value is -1.37. The highest BCUT2D eigenvalue weighted by atomic mass is 19.2. The first-order chi connectivity index (χ1) is 8.32. The molecule has 0 N–H and O–H groups in total. The number of ether oxygens (including phenoxy) is 1. The van der Waals surface area contributed by atoms with Crippen LogP contribution in [0.25, 0.3) is 0 Å². The Morgan fingerprint density at radius 2 is 1.67 bits per heavy atom. The van der Waals surface area contributed by atoms with Crippen LogP contribution < -0.4 is 4.90 Å². The fourth-order valence-electron chi connectivity index (χ4n) is 1.96. The lowest BCUT2D eigenvalue weighted by molar-refractivity contribution is -0.0281. The molecule has 18 heavy (non-hydrogen) atoms. The lowest BCUT2D eigenvalue weighted by atomic mass is 10.1. The molecule has 0 atom stereocenters. The van der Waals surface area contributed by atoms with Gasteiger partial charge in [-0.25, -0.2) is 0 Å². The molecule has 0 bridgehead atoms. The molecule has 2 rings (SSSR count). The molecule has 1 aliphatic rings. The largest absolute Gasteiger partial charge is 0.372 e. The molecule has 0 spiro atoms. The van der Waals surface area contributed by atoms with Gasteiger partial charge in [0.2, 0.25) is 11.6 Å². The van der Waals surface area contributed by atoms with E-state index in [1.807, 2.05) is 0 Å². The van der Waals surface area contributed by atoms with E-state index in [0.717, 1.165) is 0 Å². The highest BCUT2D eigenvalue weighted by Crippen LogP contribution is 2.29. The molecule has 7 heteroatoms. The first kappa shape index (κ1) is 13.1. The zero-order valence-corrected chi connectivity index (χ0v) is 9.94. The van der Waals surface area contributed by atoms with E-state index in [4.69, 9.17) is 4.74 Å². The summed E-state index contributed by atoms with van der Waals surface area (Å²) in [6.07, 6.45) is 0. The number of aromatic nitrogens is 1. The summed E-state index contributed by atoms with van der Waals surface area (Å²) in [4.78, 5) is 3.75. The molecule has 100 valence electrons. The van der Waals surface area contributed by atoms with E-state index < -0.39 is 34.8 Å². The van der Waals surface area contributed by atoms with Gasteiger partial charge in [0.15, 0.2) is 0 Å². The fourth-order valence-corrected chi connectivity index (χ4v) is 1.96. The first-order valence-corrected chi connectivity index (χ1v) is 5.41. The van der Waals surface area contributed by atoms with Crippen molar-refractivity contribution in [2.45, 2.75) is 19.4 Å². The van der Waals surface area contributed by atoms with E-state index in [1.54, 1.807) is 13.8 Å². The quantitative estimate of drug-likeness (QED) is 0.574. The van der Waals surface area contributed by atoms with Crippen LogP contribution in [0.3, 0.4) is 0 Å². The summed E-state index contributed by atoms with van der Waals surface area (Å²) >= 11 is 0. The normalized spacial score (nSPS) is 19.1. The van der Waals surface area contributed by atoms with Crippen LogP contribution in [-0.2, 0) is 4.74 Å². The molecule has 0 saturated carbocycles. The summed E-state index contributed by atoms with van der Waals surface area (Å²) in [5, 5.41) is 0. The van der Waals surface area contributed by atoms with Crippen LogP contribution >= 0.6 is 0 Å². The summed E-state index contributed by atoms with van der Waals surface area (Å²) in [6, 6.07) is 0. The Morgan fingerprint density at radius 3 is 2.17 bits per heavy atom. The van der Waals surface area contributed by atoms with Gasteiger partial charge in [-0.2, -0.15) is 22.5 Å². The van der Waals surface area contributed by atoms with Crippen LogP contribution in [0.2, 0.25) is 0 Å². The van der Waals surface area contributed by atoms with Crippen LogP contribution in [0.5, 0.6) is 0 Å². The Morgan fingerprint density at radius 1 is 1.11 bits per heavy atom. The molecule has 1 aromatic heterocycles. The Bertz CT molecular complexity index is 452. The molecule has 0 radical (unpaired) electrons. The molecule has 3 nitrogen and oxygen atoms in total. The highest BCUT2D eigenvalue weighted by molar-refractivity contribution is 5.49.